The fourth-order valence-electron chi connectivity index (χ4n) is 4.27. The number of rotatable bonds is 5. The molecule has 4 rings (SSSR count). The lowest BCUT2D eigenvalue weighted by Crippen LogP contribution is -2.43. The normalized spacial score (nSPS) is 23.3. The zero-order valence-electron chi connectivity index (χ0n) is 16.6. The number of carbonyl (C=O) groups excluding carboxylic acids is 1. The van der Waals surface area contributed by atoms with Crippen molar-refractivity contribution in [3.63, 3.8) is 0 Å². The van der Waals surface area contributed by atoms with E-state index in [4.69, 9.17) is 5.26 Å². The average Bonchev–Trinajstić information content (AvgIpc) is 3.31. The summed E-state index contributed by atoms with van der Waals surface area (Å²) in [6.07, 6.45) is 0.282. The third-order valence-electron chi connectivity index (χ3n) is 5.74. The maximum Gasteiger partial charge on any atom is 0.268 e. The van der Waals surface area contributed by atoms with Crippen LogP contribution < -0.4 is 5.32 Å². The van der Waals surface area contributed by atoms with Gasteiger partial charge in [-0.25, -0.2) is 8.78 Å². The van der Waals surface area contributed by atoms with Gasteiger partial charge in [0, 0.05) is 36.8 Å². The van der Waals surface area contributed by atoms with Gasteiger partial charge in [0.1, 0.15) is 6.04 Å². The maximum atomic E-state index is 13.6. The smallest absolute Gasteiger partial charge is 0.268 e. The molecular formula is C23H24F2N4O. The molecule has 30 heavy (non-hydrogen) atoms. The fourth-order valence-corrected chi connectivity index (χ4v) is 4.27. The highest BCUT2D eigenvalue weighted by molar-refractivity contribution is 5.80. The van der Waals surface area contributed by atoms with Gasteiger partial charge < -0.3 is 10.2 Å². The van der Waals surface area contributed by atoms with Crippen molar-refractivity contribution < 1.29 is 13.6 Å². The van der Waals surface area contributed by atoms with Crippen molar-refractivity contribution in [2.45, 2.75) is 30.8 Å². The highest BCUT2D eigenvalue weighted by Crippen LogP contribution is 2.32. The second-order valence-electron chi connectivity index (χ2n) is 8.00. The van der Waals surface area contributed by atoms with Crippen LogP contribution in [-0.4, -0.2) is 59.9 Å². The second kappa shape index (κ2) is 8.41. The molecule has 0 unspecified atom stereocenters. The number of alkyl halides is 2. The molecule has 0 saturated carbocycles. The van der Waals surface area contributed by atoms with E-state index >= 15 is 0 Å². The van der Waals surface area contributed by atoms with Crippen molar-refractivity contribution in [3.05, 3.63) is 54.6 Å². The van der Waals surface area contributed by atoms with Gasteiger partial charge in [0.05, 0.1) is 19.2 Å². The molecule has 156 valence electrons. The van der Waals surface area contributed by atoms with E-state index in [0.29, 0.717) is 13.1 Å². The number of halogens is 2. The Hall–Kier alpha value is -2.98. The number of hydrogen-bond acceptors (Lipinski definition) is 4. The summed E-state index contributed by atoms with van der Waals surface area (Å²) in [7, 11) is 0. The van der Waals surface area contributed by atoms with E-state index in [2.05, 4.69) is 23.5 Å². The van der Waals surface area contributed by atoms with Crippen LogP contribution in [0.2, 0.25) is 0 Å². The summed E-state index contributed by atoms with van der Waals surface area (Å²) in [4.78, 5) is 15.5. The molecular weight excluding hydrogens is 386 g/mol. The number of benzene rings is 2. The van der Waals surface area contributed by atoms with Crippen molar-refractivity contribution in [2.75, 3.05) is 31.5 Å². The van der Waals surface area contributed by atoms with Crippen molar-refractivity contribution >= 4 is 11.6 Å². The summed E-state index contributed by atoms with van der Waals surface area (Å²) in [6, 6.07) is 19.2. The minimum Gasteiger partial charge on any atom is -0.380 e. The highest BCUT2D eigenvalue weighted by Gasteiger charge is 2.47. The van der Waals surface area contributed by atoms with Gasteiger partial charge in [0.25, 0.3) is 5.92 Å². The third kappa shape index (κ3) is 4.44. The number of anilines is 1. The minimum absolute atomic E-state index is 0.0623. The molecule has 0 spiro atoms. The molecule has 0 aromatic heterocycles. The predicted molar refractivity (Wildman–Crippen MR) is 111 cm³/mol. The summed E-state index contributed by atoms with van der Waals surface area (Å²) in [5.41, 5.74) is 3.28. The highest BCUT2D eigenvalue weighted by atomic mass is 19.3. The van der Waals surface area contributed by atoms with Crippen molar-refractivity contribution in [1.29, 1.82) is 5.26 Å². The predicted octanol–water partition coefficient (Wildman–Crippen LogP) is 3.60. The van der Waals surface area contributed by atoms with Gasteiger partial charge in [-0.1, -0.05) is 48.5 Å². The number of nitriles is 1. The van der Waals surface area contributed by atoms with Crippen LogP contribution in [0.5, 0.6) is 0 Å². The lowest BCUT2D eigenvalue weighted by Gasteiger charge is -2.23. The Morgan fingerprint density at radius 1 is 1.17 bits per heavy atom. The first-order chi connectivity index (χ1) is 14.4. The van der Waals surface area contributed by atoms with E-state index in [1.807, 2.05) is 47.4 Å². The van der Waals surface area contributed by atoms with E-state index in [-0.39, 0.29) is 12.6 Å². The molecule has 2 saturated heterocycles. The SMILES string of the molecule is N#C[C@@H]1CC(F)(F)CN1C(=O)CN1CC[C@H](Nc2ccccc2-c2ccccc2)C1. The van der Waals surface area contributed by atoms with Crippen molar-refractivity contribution in [2.24, 2.45) is 0 Å². The number of nitrogens with zero attached hydrogens (tertiary/aromatic N) is 3. The Kier molecular flexibility index (Phi) is 5.69. The molecule has 0 radical (unpaired) electrons. The van der Waals surface area contributed by atoms with Crippen LogP contribution in [0.25, 0.3) is 11.1 Å². The largest absolute Gasteiger partial charge is 0.380 e. The molecule has 2 atom stereocenters. The monoisotopic (exact) mass is 410 g/mol. The standard InChI is InChI=1S/C23H24F2N4O/c24-23(25)12-19(13-26)29(16-23)22(30)15-28-11-10-18(14-28)27-21-9-5-4-8-20(21)17-6-2-1-3-7-17/h1-9,18-19,27H,10-12,14-16H2/t18-,19-/m0/s1. The number of nitrogens with one attached hydrogen (secondary N) is 1. The van der Waals surface area contributed by atoms with Crippen LogP contribution in [0.3, 0.4) is 0 Å². The number of carbonyl (C=O) groups is 1. The number of amides is 1. The topological polar surface area (TPSA) is 59.4 Å². The lowest BCUT2D eigenvalue weighted by molar-refractivity contribution is -0.133. The van der Waals surface area contributed by atoms with E-state index in [0.717, 1.165) is 28.1 Å². The zero-order valence-corrected chi connectivity index (χ0v) is 16.6. The second-order valence-corrected chi connectivity index (χ2v) is 8.00. The quantitative estimate of drug-likeness (QED) is 0.818. The molecule has 1 N–H and O–H groups in total. The van der Waals surface area contributed by atoms with Gasteiger partial charge >= 0.3 is 0 Å². The Balaban J connectivity index is 1.37. The van der Waals surface area contributed by atoms with Gasteiger partial charge in [-0.3, -0.25) is 9.69 Å². The van der Waals surface area contributed by atoms with Gasteiger partial charge in [-0.2, -0.15) is 5.26 Å². The van der Waals surface area contributed by atoms with Crippen LogP contribution >= 0.6 is 0 Å². The number of likely N-dealkylation sites (tertiary alicyclic amines) is 2. The van der Waals surface area contributed by atoms with Gasteiger partial charge in [-0.05, 0) is 18.1 Å². The minimum atomic E-state index is -2.98. The Morgan fingerprint density at radius 3 is 2.67 bits per heavy atom. The van der Waals surface area contributed by atoms with Crippen molar-refractivity contribution in [1.82, 2.24) is 9.80 Å². The van der Waals surface area contributed by atoms with Crippen LogP contribution in [0.1, 0.15) is 12.8 Å². The molecule has 2 aliphatic rings. The molecule has 0 bridgehead atoms. The summed E-state index contributed by atoms with van der Waals surface area (Å²) in [5, 5.41) is 12.7. The van der Waals surface area contributed by atoms with Gasteiger partial charge in [0.15, 0.2) is 0 Å². The van der Waals surface area contributed by atoms with Crippen LogP contribution in [0, 0.1) is 11.3 Å². The summed E-state index contributed by atoms with van der Waals surface area (Å²) in [6.45, 7) is 0.755. The fraction of sp³-hybridized carbons (Fsp3) is 0.391. The summed E-state index contributed by atoms with van der Waals surface area (Å²) in [5.74, 6) is -3.38. The molecule has 7 heteroatoms. The van der Waals surface area contributed by atoms with E-state index in [9.17, 15) is 13.6 Å². The van der Waals surface area contributed by atoms with E-state index < -0.39 is 30.8 Å². The van der Waals surface area contributed by atoms with Crippen LogP contribution in [-0.2, 0) is 4.79 Å². The Labute approximate surface area is 174 Å². The lowest BCUT2D eigenvalue weighted by atomic mass is 10.0. The summed E-state index contributed by atoms with van der Waals surface area (Å²) < 4.78 is 27.2. The molecule has 2 aliphatic heterocycles. The molecule has 2 aromatic rings. The van der Waals surface area contributed by atoms with Crippen LogP contribution in [0.15, 0.2) is 54.6 Å². The first kappa shape index (κ1) is 20.3. The number of hydrogen-bond donors (Lipinski definition) is 1. The van der Waals surface area contributed by atoms with Gasteiger partial charge in [0.2, 0.25) is 5.91 Å². The maximum absolute atomic E-state index is 13.6. The molecule has 0 aliphatic carbocycles. The Bertz CT molecular complexity index is 944. The molecule has 2 fully saturated rings. The van der Waals surface area contributed by atoms with Crippen molar-refractivity contribution in [3.8, 4) is 17.2 Å². The average molecular weight is 410 g/mol. The summed E-state index contributed by atoms with van der Waals surface area (Å²) >= 11 is 0. The third-order valence-corrected chi connectivity index (χ3v) is 5.74. The molecule has 5 nitrogen and oxygen atoms in total. The Morgan fingerprint density at radius 2 is 1.90 bits per heavy atom. The molecule has 2 aromatic carbocycles. The zero-order chi connectivity index (χ0) is 21.1. The van der Waals surface area contributed by atoms with E-state index in [1.165, 1.54) is 0 Å². The van der Waals surface area contributed by atoms with Crippen LogP contribution in [0.4, 0.5) is 14.5 Å². The molecule has 2 heterocycles. The first-order valence-corrected chi connectivity index (χ1v) is 10.2. The first-order valence-electron chi connectivity index (χ1n) is 10.2. The number of para-hydroxylation sites is 1. The van der Waals surface area contributed by atoms with Gasteiger partial charge in [-0.15, -0.1) is 0 Å². The van der Waals surface area contributed by atoms with E-state index in [1.54, 1.807) is 0 Å². The molecule has 1 amide bonds.